The SMILES string of the molecule is O=C(NC1C[C@@H](CCO)Cc2ccccc21)C1CCC(C(F)(F)F)NC1=O. The third kappa shape index (κ3) is 4.43. The van der Waals surface area contributed by atoms with Gasteiger partial charge in [-0.25, -0.2) is 0 Å². The molecule has 1 aromatic rings. The summed E-state index contributed by atoms with van der Waals surface area (Å²) in [6.45, 7) is 0.0529. The first-order valence-corrected chi connectivity index (χ1v) is 9.15. The lowest BCUT2D eigenvalue weighted by atomic mass is 9.79. The number of hydrogen-bond donors (Lipinski definition) is 3. The molecule has 4 atom stereocenters. The van der Waals surface area contributed by atoms with Crippen LogP contribution in [0.2, 0.25) is 0 Å². The summed E-state index contributed by atoms with van der Waals surface area (Å²) in [6, 6.07) is 5.46. The van der Waals surface area contributed by atoms with Crippen LogP contribution in [-0.2, 0) is 16.0 Å². The zero-order valence-electron chi connectivity index (χ0n) is 14.8. The van der Waals surface area contributed by atoms with Crippen LogP contribution in [0.3, 0.4) is 0 Å². The summed E-state index contributed by atoms with van der Waals surface area (Å²) in [7, 11) is 0. The van der Waals surface area contributed by atoms with Crippen LogP contribution in [0.25, 0.3) is 0 Å². The molecule has 0 saturated carbocycles. The molecule has 3 N–H and O–H groups in total. The standard InChI is InChI=1S/C19H23F3N2O3/c20-19(21,22)16-6-5-14(18(27)24-16)17(26)23-15-10-11(7-8-25)9-12-3-1-2-4-13(12)15/h1-4,11,14-16,25H,5-10H2,(H,23,26)(H,24,27)/t11-,14?,15?,16?/m0/s1. The van der Waals surface area contributed by atoms with E-state index in [0.29, 0.717) is 12.8 Å². The molecule has 3 unspecified atom stereocenters. The molecule has 0 aromatic heterocycles. The fraction of sp³-hybridized carbons (Fsp3) is 0.579. The highest BCUT2D eigenvalue weighted by Crippen LogP contribution is 2.35. The highest BCUT2D eigenvalue weighted by atomic mass is 19.4. The Bertz CT molecular complexity index is 708. The third-order valence-corrected chi connectivity index (χ3v) is 5.45. The van der Waals surface area contributed by atoms with E-state index >= 15 is 0 Å². The zero-order valence-corrected chi connectivity index (χ0v) is 14.8. The number of hydrogen-bond acceptors (Lipinski definition) is 3. The Balaban J connectivity index is 1.69. The summed E-state index contributed by atoms with van der Waals surface area (Å²) in [6.07, 6.45) is -2.89. The van der Waals surface area contributed by atoms with Gasteiger partial charge >= 0.3 is 6.18 Å². The highest BCUT2D eigenvalue weighted by Gasteiger charge is 2.46. The molecule has 8 heteroatoms. The largest absolute Gasteiger partial charge is 0.408 e. The van der Waals surface area contributed by atoms with Gasteiger partial charge < -0.3 is 15.7 Å². The number of aliphatic hydroxyl groups excluding tert-OH is 1. The van der Waals surface area contributed by atoms with Crippen molar-refractivity contribution in [1.82, 2.24) is 10.6 Å². The normalized spacial score (nSPS) is 28.2. The second kappa shape index (κ2) is 7.88. The van der Waals surface area contributed by atoms with Crippen LogP contribution >= 0.6 is 0 Å². The number of amides is 2. The predicted molar refractivity (Wildman–Crippen MR) is 91.5 cm³/mol. The second-order valence-electron chi connectivity index (χ2n) is 7.31. The van der Waals surface area contributed by atoms with Crippen LogP contribution in [0.4, 0.5) is 13.2 Å². The number of carbonyl (C=O) groups is 2. The van der Waals surface area contributed by atoms with Crippen LogP contribution in [0.1, 0.15) is 42.9 Å². The second-order valence-corrected chi connectivity index (χ2v) is 7.31. The van der Waals surface area contributed by atoms with E-state index in [0.717, 1.165) is 17.5 Å². The van der Waals surface area contributed by atoms with E-state index < -0.39 is 30.0 Å². The van der Waals surface area contributed by atoms with Crippen molar-refractivity contribution in [3.05, 3.63) is 35.4 Å². The number of carbonyl (C=O) groups excluding carboxylic acids is 2. The molecule has 0 bridgehead atoms. The summed E-state index contributed by atoms with van der Waals surface area (Å²) in [5.41, 5.74) is 2.04. The lowest BCUT2D eigenvalue weighted by Gasteiger charge is -2.34. The molecule has 5 nitrogen and oxygen atoms in total. The van der Waals surface area contributed by atoms with Gasteiger partial charge in [-0.3, -0.25) is 9.59 Å². The molecule has 2 amide bonds. The summed E-state index contributed by atoms with van der Waals surface area (Å²) >= 11 is 0. The number of aliphatic hydroxyl groups is 1. The molecular formula is C19H23F3N2O3. The minimum absolute atomic E-state index is 0.0529. The first kappa shape index (κ1) is 19.7. The summed E-state index contributed by atoms with van der Waals surface area (Å²) in [5, 5.41) is 14.0. The number of halogens is 3. The topological polar surface area (TPSA) is 78.4 Å². The predicted octanol–water partition coefficient (Wildman–Crippen LogP) is 2.25. The van der Waals surface area contributed by atoms with Crippen molar-refractivity contribution in [3.8, 4) is 0 Å². The van der Waals surface area contributed by atoms with E-state index in [9.17, 15) is 27.9 Å². The van der Waals surface area contributed by atoms with E-state index in [2.05, 4.69) is 5.32 Å². The van der Waals surface area contributed by atoms with Crippen molar-refractivity contribution in [1.29, 1.82) is 0 Å². The van der Waals surface area contributed by atoms with Crippen LogP contribution in [0.15, 0.2) is 24.3 Å². The number of benzene rings is 1. The van der Waals surface area contributed by atoms with E-state index in [4.69, 9.17) is 0 Å². The molecule has 1 aliphatic heterocycles. The van der Waals surface area contributed by atoms with Gasteiger partial charge in [0, 0.05) is 6.61 Å². The molecule has 2 aliphatic rings. The van der Waals surface area contributed by atoms with Gasteiger partial charge in [0.25, 0.3) is 0 Å². The average molecular weight is 384 g/mol. The minimum Gasteiger partial charge on any atom is -0.396 e. The molecule has 148 valence electrons. The number of fused-ring (bicyclic) bond motifs is 1. The van der Waals surface area contributed by atoms with Gasteiger partial charge in [0.05, 0.1) is 6.04 Å². The first-order valence-electron chi connectivity index (χ1n) is 9.15. The number of rotatable bonds is 4. The smallest absolute Gasteiger partial charge is 0.396 e. The van der Waals surface area contributed by atoms with Gasteiger partial charge in [-0.05, 0) is 49.1 Å². The lowest BCUT2D eigenvalue weighted by molar-refractivity contribution is -0.171. The molecule has 3 rings (SSSR count). The number of nitrogens with one attached hydrogen (secondary N) is 2. The Hall–Kier alpha value is -2.09. The fourth-order valence-electron chi connectivity index (χ4n) is 4.03. The molecule has 27 heavy (non-hydrogen) atoms. The van der Waals surface area contributed by atoms with Gasteiger partial charge in [0.15, 0.2) is 0 Å². The maximum Gasteiger partial charge on any atom is 0.408 e. The Morgan fingerprint density at radius 3 is 2.67 bits per heavy atom. The lowest BCUT2D eigenvalue weighted by Crippen LogP contribution is -2.54. The average Bonchev–Trinajstić information content (AvgIpc) is 2.61. The zero-order chi connectivity index (χ0) is 19.6. The van der Waals surface area contributed by atoms with Gasteiger partial charge in [0.1, 0.15) is 12.0 Å². The third-order valence-electron chi connectivity index (χ3n) is 5.45. The Morgan fingerprint density at radius 1 is 1.26 bits per heavy atom. The molecule has 1 aliphatic carbocycles. The van der Waals surface area contributed by atoms with E-state index in [1.807, 2.05) is 29.6 Å². The molecule has 1 aromatic carbocycles. The quantitative estimate of drug-likeness (QED) is 0.697. The van der Waals surface area contributed by atoms with Gasteiger partial charge in [-0.1, -0.05) is 24.3 Å². The molecule has 0 radical (unpaired) electrons. The maximum atomic E-state index is 12.8. The first-order chi connectivity index (χ1) is 12.8. The summed E-state index contributed by atoms with van der Waals surface area (Å²) in [4.78, 5) is 24.6. The van der Waals surface area contributed by atoms with E-state index in [-0.39, 0.29) is 31.4 Å². The van der Waals surface area contributed by atoms with E-state index in [1.165, 1.54) is 0 Å². The fourth-order valence-corrected chi connectivity index (χ4v) is 4.03. The summed E-state index contributed by atoms with van der Waals surface area (Å²) < 4.78 is 38.3. The van der Waals surface area contributed by atoms with Crippen molar-refractivity contribution >= 4 is 11.8 Å². The van der Waals surface area contributed by atoms with Crippen LogP contribution < -0.4 is 10.6 Å². The molecular weight excluding hydrogens is 361 g/mol. The minimum atomic E-state index is -4.50. The molecule has 1 fully saturated rings. The van der Waals surface area contributed by atoms with Gasteiger partial charge in [-0.15, -0.1) is 0 Å². The van der Waals surface area contributed by atoms with Crippen LogP contribution in [-0.4, -0.2) is 35.7 Å². The molecule has 1 saturated heterocycles. The van der Waals surface area contributed by atoms with Crippen molar-refractivity contribution in [2.75, 3.05) is 6.61 Å². The van der Waals surface area contributed by atoms with Crippen molar-refractivity contribution in [3.63, 3.8) is 0 Å². The Morgan fingerprint density at radius 2 is 2.00 bits per heavy atom. The highest BCUT2D eigenvalue weighted by molar-refractivity contribution is 6.01. The van der Waals surface area contributed by atoms with Crippen molar-refractivity contribution in [2.24, 2.45) is 11.8 Å². The van der Waals surface area contributed by atoms with Gasteiger partial charge in [-0.2, -0.15) is 13.2 Å². The van der Waals surface area contributed by atoms with Crippen LogP contribution in [0.5, 0.6) is 0 Å². The Kier molecular flexibility index (Phi) is 5.74. The van der Waals surface area contributed by atoms with E-state index in [1.54, 1.807) is 0 Å². The van der Waals surface area contributed by atoms with Crippen molar-refractivity contribution < 1.29 is 27.9 Å². The van der Waals surface area contributed by atoms with Crippen LogP contribution in [0, 0.1) is 11.8 Å². The monoisotopic (exact) mass is 384 g/mol. The maximum absolute atomic E-state index is 12.8. The van der Waals surface area contributed by atoms with Crippen molar-refractivity contribution in [2.45, 2.75) is 50.4 Å². The molecule has 0 spiro atoms. The van der Waals surface area contributed by atoms with Gasteiger partial charge in [0.2, 0.25) is 11.8 Å². The number of piperidine rings is 1. The Labute approximate surface area is 155 Å². The summed E-state index contributed by atoms with van der Waals surface area (Å²) in [5.74, 6) is -2.34. The number of alkyl halides is 3. The molecule has 1 heterocycles.